The molecule has 1 unspecified atom stereocenters. The third-order valence-corrected chi connectivity index (χ3v) is 3.71. The molecule has 0 fully saturated rings. The maximum Gasteiger partial charge on any atom is 0.226 e. The molecule has 1 N–H and O–H groups in total. The second kappa shape index (κ2) is 7.45. The Bertz CT molecular complexity index is 324. The zero-order valence-electron chi connectivity index (χ0n) is 10.9. The van der Waals surface area contributed by atoms with Gasteiger partial charge < -0.3 is 10.2 Å². The Labute approximate surface area is 108 Å². The maximum absolute atomic E-state index is 12.0. The van der Waals surface area contributed by atoms with Crippen LogP contribution < -0.4 is 5.32 Å². The van der Waals surface area contributed by atoms with Gasteiger partial charge in [0.05, 0.1) is 0 Å². The highest BCUT2D eigenvalue weighted by Crippen LogP contribution is 2.10. The van der Waals surface area contributed by atoms with Crippen LogP contribution in [0.1, 0.15) is 18.7 Å². The molecule has 0 aliphatic heterocycles. The number of hydrogen-bond donors (Lipinski definition) is 1. The molecular weight excluding hydrogens is 232 g/mol. The van der Waals surface area contributed by atoms with Crippen molar-refractivity contribution in [1.29, 1.82) is 0 Å². The van der Waals surface area contributed by atoms with Crippen molar-refractivity contribution >= 4 is 17.2 Å². The molecule has 17 heavy (non-hydrogen) atoms. The molecule has 96 valence electrons. The summed E-state index contributed by atoms with van der Waals surface area (Å²) in [5.74, 6) is 0.283. The quantitative estimate of drug-likeness (QED) is 0.807. The summed E-state index contributed by atoms with van der Waals surface area (Å²) in [6.07, 6.45) is 0.952. The van der Waals surface area contributed by atoms with E-state index in [4.69, 9.17) is 0 Å². The number of carbonyl (C=O) groups excluding carboxylic acids is 1. The van der Waals surface area contributed by atoms with Crippen LogP contribution in [0.5, 0.6) is 0 Å². The second-order valence-corrected chi connectivity index (χ2v) is 5.33. The Balaban J connectivity index is 2.31. The lowest BCUT2D eigenvalue weighted by Gasteiger charge is -2.21. The third kappa shape index (κ3) is 4.88. The molecule has 4 heteroatoms. The lowest BCUT2D eigenvalue weighted by atomic mass is 10.1. The van der Waals surface area contributed by atoms with Gasteiger partial charge in [-0.25, -0.2) is 0 Å². The van der Waals surface area contributed by atoms with Crippen molar-refractivity contribution in [2.24, 2.45) is 5.92 Å². The maximum atomic E-state index is 12.0. The SMILES string of the molecule is CCNCC(C)C(=O)N(C)CCc1cccs1. The van der Waals surface area contributed by atoms with Gasteiger partial charge in [-0.15, -0.1) is 11.3 Å². The van der Waals surface area contributed by atoms with E-state index in [-0.39, 0.29) is 11.8 Å². The number of carbonyl (C=O) groups is 1. The van der Waals surface area contributed by atoms with Crippen molar-refractivity contribution in [3.63, 3.8) is 0 Å². The van der Waals surface area contributed by atoms with Crippen LogP contribution in [0.2, 0.25) is 0 Å². The smallest absolute Gasteiger partial charge is 0.226 e. The number of likely N-dealkylation sites (N-methyl/N-ethyl adjacent to an activating group) is 1. The zero-order valence-corrected chi connectivity index (χ0v) is 11.7. The molecule has 0 aliphatic carbocycles. The molecule has 3 nitrogen and oxygen atoms in total. The third-order valence-electron chi connectivity index (χ3n) is 2.77. The minimum absolute atomic E-state index is 0.0586. The number of rotatable bonds is 7. The number of nitrogens with zero attached hydrogens (tertiary/aromatic N) is 1. The number of thiophene rings is 1. The van der Waals surface area contributed by atoms with E-state index in [1.165, 1.54) is 4.88 Å². The summed E-state index contributed by atoms with van der Waals surface area (Å²) in [4.78, 5) is 15.2. The summed E-state index contributed by atoms with van der Waals surface area (Å²) in [6, 6.07) is 4.17. The van der Waals surface area contributed by atoms with Gasteiger partial charge in [-0.05, 0) is 24.4 Å². The molecule has 1 amide bonds. The van der Waals surface area contributed by atoms with Crippen molar-refractivity contribution in [2.75, 3.05) is 26.7 Å². The average molecular weight is 254 g/mol. The summed E-state index contributed by atoms with van der Waals surface area (Å²) in [5, 5.41) is 5.28. The van der Waals surface area contributed by atoms with Crippen molar-refractivity contribution < 1.29 is 4.79 Å². The largest absolute Gasteiger partial charge is 0.345 e. The molecule has 0 spiro atoms. The fourth-order valence-corrected chi connectivity index (χ4v) is 2.37. The van der Waals surface area contributed by atoms with Crippen LogP contribution in [0.4, 0.5) is 0 Å². The zero-order chi connectivity index (χ0) is 12.7. The first-order valence-corrected chi connectivity index (χ1v) is 7.01. The predicted octanol–water partition coefficient (Wildman–Crippen LogP) is 1.99. The van der Waals surface area contributed by atoms with Crippen molar-refractivity contribution in [2.45, 2.75) is 20.3 Å². The first-order chi connectivity index (χ1) is 8.15. The summed E-state index contributed by atoms with van der Waals surface area (Å²) < 4.78 is 0. The van der Waals surface area contributed by atoms with Gasteiger partial charge in [0.25, 0.3) is 0 Å². The molecule has 1 heterocycles. The van der Waals surface area contributed by atoms with Crippen molar-refractivity contribution in [3.8, 4) is 0 Å². The topological polar surface area (TPSA) is 32.3 Å². The fraction of sp³-hybridized carbons (Fsp3) is 0.615. The highest BCUT2D eigenvalue weighted by atomic mass is 32.1. The van der Waals surface area contributed by atoms with E-state index in [2.05, 4.69) is 29.8 Å². The Morgan fingerprint density at radius 3 is 2.94 bits per heavy atom. The van der Waals surface area contributed by atoms with Crippen LogP contribution in [0.25, 0.3) is 0 Å². The van der Waals surface area contributed by atoms with Gasteiger partial charge in [-0.1, -0.05) is 19.9 Å². The molecule has 0 bridgehead atoms. The number of amides is 1. The number of hydrogen-bond acceptors (Lipinski definition) is 3. The van der Waals surface area contributed by atoms with E-state index in [1.807, 2.05) is 18.9 Å². The van der Waals surface area contributed by atoms with Crippen LogP contribution in [0.3, 0.4) is 0 Å². The van der Waals surface area contributed by atoms with Gasteiger partial charge >= 0.3 is 0 Å². The van der Waals surface area contributed by atoms with Gasteiger partial charge in [-0.2, -0.15) is 0 Å². The molecular formula is C13H22N2OS. The number of nitrogens with one attached hydrogen (secondary N) is 1. The van der Waals surface area contributed by atoms with Gasteiger partial charge in [0.2, 0.25) is 5.91 Å². The van der Waals surface area contributed by atoms with E-state index >= 15 is 0 Å². The van der Waals surface area contributed by atoms with Gasteiger partial charge in [0.1, 0.15) is 0 Å². The van der Waals surface area contributed by atoms with Crippen molar-refractivity contribution in [1.82, 2.24) is 10.2 Å². The average Bonchev–Trinajstić information content (AvgIpc) is 2.85. The minimum Gasteiger partial charge on any atom is -0.345 e. The second-order valence-electron chi connectivity index (χ2n) is 4.30. The Morgan fingerprint density at radius 2 is 2.35 bits per heavy atom. The Hall–Kier alpha value is -0.870. The standard InChI is InChI=1S/C13H22N2OS/c1-4-14-10-11(2)13(16)15(3)8-7-12-6-5-9-17-12/h5-6,9,11,14H,4,7-8,10H2,1-3H3. The molecule has 0 radical (unpaired) electrons. The summed E-state index contributed by atoms with van der Waals surface area (Å²) in [5.41, 5.74) is 0. The highest BCUT2D eigenvalue weighted by Gasteiger charge is 2.16. The molecule has 0 aliphatic rings. The van der Waals surface area contributed by atoms with Gasteiger partial charge in [-0.3, -0.25) is 4.79 Å². The van der Waals surface area contributed by atoms with Crippen LogP contribution in [0, 0.1) is 5.92 Å². The van der Waals surface area contributed by atoms with Crippen LogP contribution in [0.15, 0.2) is 17.5 Å². The molecule has 1 aromatic rings. The molecule has 1 aromatic heterocycles. The molecule has 0 aromatic carbocycles. The van der Waals surface area contributed by atoms with Crippen LogP contribution >= 0.6 is 11.3 Å². The van der Waals surface area contributed by atoms with E-state index in [1.54, 1.807) is 11.3 Å². The van der Waals surface area contributed by atoms with E-state index in [0.717, 1.165) is 26.1 Å². The first kappa shape index (κ1) is 14.2. The molecule has 0 saturated heterocycles. The normalized spacial score (nSPS) is 12.4. The van der Waals surface area contributed by atoms with Gasteiger partial charge in [0.15, 0.2) is 0 Å². The Kier molecular flexibility index (Phi) is 6.22. The van der Waals surface area contributed by atoms with E-state index < -0.39 is 0 Å². The van der Waals surface area contributed by atoms with Gasteiger partial charge in [0, 0.05) is 30.9 Å². The first-order valence-electron chi connectivity index (χ1n) is 6.13. The predicted molar refractivity (Wildman–Crippen MR) is 73.4 cm³/mol. The van der Waals surface area contributed by atoms with Crippen LogP contribution in [-0.2, 0) is 11.2 Å². The molecule has 1 rings (SSSR count). The fourth-order valence-electron chi connectivity index (χ4n) is 1.67. The van der Waals surface area contributed by atoms with Crippen molar-refractivity contribution in [3.05, 3.63) is 22.4 Å². The van der Waals surface area contributed by atoms with Crippen LogP contribution in [-0.4, -0.2) is 37.5 Å². The Morgan fingerprint density at radius 1 is 1.59 bits per heavy atom. The summed E-state index contributed by atoms with van der Waals surface area (Å²) in [6.45, 7) is 6.51. The van der Waals surface area contributed by atoms with E-state index in [9.17, 15) is 4.79 Å². The lowest BCUT2D eigenvalue weighted by Crippen LogP contribution is -2.37. The summed E-state index contributed by atoms with van der Waals surface area (Å²) in [7, 11) is 1.89. The van der Waals surface area contributed by atoms with E-state index in [0.29, 0.717) is 0 Å². The monoisotopic (exact) mass is 254 g/mol. The minimum atomic E-state index is 0.0586. The molecule has 1 atom stereocenters. The molecule has 0 saturated carbocycles. The lowest BCUT2D eigenvalue weighted by molar-refractivity contribution is -0.133. The summed E-state index contributed by atoms with van der Waals surface area (Å²) >= 11 is 1.75. The highest BCUT2D eigenvalue weighted by molar-refractivity contribution is 7.09.